The van der Waals surface area contributed by atoms with Crippen LogP contribution in [0.2, 0.25) is 0 Å². The average Bonchev–Trinajstić information content (AvgIpc) is 2.39. The predicted molar refractivity (Wildman–Crippen MR) is 72.9 cm³/mol. The lowest BCUT2D eigenvalue weighted by Crippen LogP contribution is -2.02. The number of aryl methyl sites for hydroxylation is 1. The van der Waals surface area contributed by atoms with Crippen molar-refractivity contribution in [2.24, 2.45) is 0 Å². The van der Waals surface area contributed by atoms with Crippen molar-refractivity contribution < 1.29 is 9.13 Å². The third kappa shape index (κ3) is 2.99. The zero-order valence-corrected chi connectivity index (χ0v) is 11.2. The number of nitrogens with one attached hydrogen (secondary N) is 1. The average molecular weight is 261 g/mol. The Morgan fingerprint density at radius 1 is 1.26 bits per heavy atom. The fraction of sp³-hybridized carbons (Fsp3) is 0.286. The van der Waals surface area contributed by atoms with E-state index in [9.17, 15) is 4.39 Å². The molecule has 0 bridgehead atoms. The normalized spacial score (nSPS) is 10.3. The van der Waals surface area contributed by atoms with Crippen molar-refractivity contribution in [3.8, 4) is 17.1 Å². The number of ether oxygens (including phenoxy) is 1. The van der Waals surface area contributed by atoms with Gasteiger partial charge in [0.15, 0.2) is 17.4 Å². The van der Waals surface area contributed by atoms with Gasteiger partial charge in [-0.25, -0.2) is 14.4 Å². The van der Waals surface area contributed by atoms with Gasteiger partial charge < -0.3 is 10.1 Å². The van der Waals surface area contributed by atoms with Crippen LogP contribution in [-0.4, -0.2) is 23.6 Å². The van der Waals surface area contributed by atoms with Crippen LogP contribution in [0.4, 0.5) is 10.2 Å². The van der Waals surface area contributed by atoms with E-state index in [1.165, 1.54) is 13.2 Å². The van der Waals surface area contributed by atoms with E-state index < -0.39 is 5.82 Å². The molecule has 1 aromatic heterocycles. The first-order valence-electron chi connectivity index (χ1n) is 6.07. The minimum absolute atomic E-state index is 0.188. The zero-order chi connectivity index (χ0) is 13.8. The fourth-order valence-electron chi connectivity index (χ4n) is 1.77. The van der Waals surface area contributed by atoms with Gasteiger partial charge in [0.05, 0.1) is 7.11 Å². The minimum Gasteiger partial charge on any atom is -0.494 e. The summed E-state index contributed by atoms with van der Waals surface area (Å²) in [7, 11) is 1.43. The second-order valence-electron chi connectivity index (χ2n) is 4.10. The van der Waals surface area contributed by atoms with E-state index in [2.05, 4.69) is 15.3 Å². The first-order valence-corrected chi connectivity index (χ1v) is 6.07. The molecule has 100 valence electrons. The molecule has 2 rings (SSSR count). The number of benzene rings is 1. The number of nitrogens with zero attached hydrogens (tertiary/aromatic N) is 2. The molecule has 0 saturated heterocycles. The van der Waals surface area contributed by atoms with E-state index in [1.54, 1.807) is 12.1 Å². The Balaban J connectivity index is 2.46. The molecule has 0 aliphatic rings. The monoisotopic (exact) mass is 261 g/mol. The van der Waals surface area contributed by atoms with Crippen molar-refractivity contribution in [1.29, 1.82) is 0 Å². The molecule has 0 aliphatic carbocycles. The molecule has 0 atom stereocenters. The molecule has 2 aromatic rings. The highest BCUT2D eigenvalue weighted by Gasteiger charge is 2.09. The highest BCUT2D eigenvalue weighted by molar-refractivity contribution is 5.60. The van der Waals surface area contributed by atoms with Crippen LogP contribution in [-0.2, 0) is 0 Å². The van der Waals surface area contributed by atoms with Crippen LogP contribution >= 0.6 is 0 Å². The smallest absolute Gasteiger partial charge is 0.165 e. The van der Waals surface area contributed by atoms with Gasteiger partial charge in [0.2, 0.25) is 0 Å². The topological polar surface area (TPSA) is 47.0 Å². The van der Waals surface area contributed by atoms with E-state index >= 15 is 0 Å². The summed E-state index contributed by atoms with van der Waals surface area (Å²) in [4.78, 5) is 8.76. The maximum Gasteiger partial charge on any atom is 0.165 e. The summed E-state index contributed by atoms with van der Waals surface area (Å²) in [5.74, 6) is 1.10. The molecule has 1 N–H and O–H groups in total. The van der Waals surface area contributed by atoms with Crippen LogP contribution in [0.5, 0.6) is 5.75 Å². The second kappa shape index (κ2) is 5.65. The predicted octanol–water partition coefficient (Wildman–Crippen LogP) is 3.03. The van der Waals surface area contributed by atoms with E-state index in [1.807, 2.05) is 19.9 Å². The molecule has 19 heavy (non-hydrogen) atoms. The highest BCUT2D eigenvalue weighted by Crippen LogP contribution is 2.25. The SMILES string of the molecule is CCNc1cc(C)nc(-c2ccc(F)c(OC)c2)n1. The summed E-state index contributed by atoms with van der Waals surface area (Å²) in [6, 6.07) is 6.46. The van der Waals surface area contributed by atoms with Crippen LogP contribution in [0.1, 0.15) is 12.6 Å². The van der Waals surface area contributed by atoms with Crippen LogP contribution < -0.4 is 10.1 Å². The Bertz CT molecular complexity index is 587. The van der Waals surface area contributed by atoms with Crippen molar-refractivity contribution >= 4 is 5.82 Å². The van der Waals surface area contributed by atoms with Crippen LogP contribution in [0.3, 0.4) is 0 Å². The number of hydrogen-bond acceptors (Lipinski definition) is 4. The Kier molecular flexibility index (Phi) is 3.94. The summed E-state index contributed by atoms with van der Waals surface area (Å²) in [5.41, 5.74) is 1.57. The Labute approximate surface area is 111 Å². The quantitative estimate of drug-likeness (QED) is 0.919. The van der Waals surface area contributed by atoms with Crippen molar-refractivity contribution in [3.05, 3.63) is 35.8 Å². The molecule has 1 heterocycles. The van der Waals surface area contributed by atoms with Crippen LogP contribution in [0, 0.1) is 12.7 Å². The number of anilines is 1. The van der Waals surface area contributed by atoms with Gasteiger partial charge in [0.1, 0.15) is 5.82 Å². The molecule has 4 nitrogen and oxygen atoms in total. The van der Waals surface area contributed by atoms with Gasteiger partial charge >= 0.3 is 0 Å². The van der Waals surface area contributed by atoms with Crippen molar-refractivity contribution in [1.82, 2.24) is 9.97 Å². The summed E-state index contributed by atoms with van der Waals surface area (Å²) in [6.45, 7) is 4.67. The third-order valence-electron chi connectivity index (χ3n) is 2.62. The molecule has 0 saturated carbocycles. The van der Waals surface area contributed by atoms with E-state index in [4.69, 9.17) is 4.74 Å². The van der Waals surface area contributed by atoms with Crippen molar-refractivity contribution in [2.45, 2.75) is 13.8 Å². The number of rotatable bonds is 4. The number of halogens is 1. The molecular weight excluding hydrogens is 245 g/mol. The molecule has 5 heteroatoms. The zero-order valence-electron chi connectivity index (χ0n) is 11.2. The number of aromatic nitrogens is 2. The van der Waals surface area contributed by atoms with E-state index in [0.717, 1.165) is 23.6 Å². The summed E-state index contributed by atoms with van der Waals surface area (Å²) in [5, 5.41) is 3.14. The molecule has 1 aromatic carbocycles. The minimum atomic E-state index is -0.397. The first kappa shape index (κ1) is 13.3. The maximum atomic E-state index is 13.4. The number of methoxy groups -OCH3 is 1. The molecule has 0 amide bonds. The van der Waals surface area contributed by atoms with Crippen molar-refractivity contribution in [2.75, 3.05) is 19.0 Å². The second-order valence-corrected chi connectivity index (χ2v) is 4.10. The molecule has 0 radical (unpaired) electrons. The van der Waals surface area contributed by atoms with Gasteiger partial charge in [0, 0.05) is 23.9 Å². The lowest BCUT2D eigenvalue weighted by atomic mass is 10.2. The van der Waals surface area contributed by atoms with E-state index in [-0.39, 0.29) is 5.75 Å². The molecule has 0 fully saturated rings. The third-order valence-corrected chi connectivity index (χ3v) is 2.62. The standard InChI is InChI=1S/C14H16FN3O/c1-4-16-13-7-9(2)17-14(18-13)10-5-6-11(15)12(8-10)19-3/h5-8H,4H2,1-3H3,(H,16,17,18). The van der Waals surface area contributed by atoms with Crippen LogP contribution in [0.25, 0.3) is 11.4 Å². The molecular formula is C14H16FN3O. The lowest BCUT2D eigenvalue weighted by molar-refractivity contribution is 0.387. The largest absolute Gasteiger partial charge is 0.494 e. The fourth-order valence-corrected chi connectivity index (χ4v) is 1.77. The van der Waals surface area contributed by atoms with Gasteiger partial charge in [-0.2, -0.15) is 0 Å². The van der Waals surface area contributed by atoms with Gasteiger partial charge in [-0.1, -0.05) is 0 Å². The Morgan fingerprint density at radius 2 is 2.05 bits per heavy atom. The molecule has 0 aliphatic heterocycles. The van der Waals surface area contributed by atoms with Crippen molar-refractivity contribution in [3.63, 3.8) is 0 Å². The van der Waals surface area contributed by atoms with Gasteiger partial charge in [-0.15, -0.1) is 0 Å². The summed E-state index contributed by atoms with van der Waals surface area (Å²) >= 11 is 0. The van der Waals surface area contributed by atoms with E-state index in [0.29, 0.717) is 5.82 Å². The molecule has 0 unspecified atom stereocenters. The Hall–Kier alpha value is -2.17. The lowest BCUT2D eigenvalue weighted by Gasteiger charge is -2.08. The van der Waals surface area contributed by atoms with Gasteiger partial charge in [-0.3, -0.25) is 0 Å². The first-order chi connectivity index (χ1) is 9.13. The summed E-state index contributed by atoms with van der Waals surface area (Å²) < 4.78 is 18.4. The van der Waals surface area contributed by atoms with Gasteiger partial charge in [0.25, 0.3) is 0 Å². The summed E-state index contributed by atoms with van der Waals surface area (Å²) in [6.07, 6.45) is 0. The highest BCUT2D eigenvalue weighted by atomic mass is 19.1. The van der Waals surface area contributed by atoms with Gasteiger partial charge in [-0.05, 0) is 32.0 Å². The van der Waals surface area contributed by atoms with Crippen LogP contribution in [0.15, 0.2) is 24.3 Å². The number of hydrogen-bond donors (Lipinski definition) is 1. The maximum absolute atomic E-state index is 13.4. The Morgan fingerprint density at radius 3 is 2.74 bits per heavy atom. The molecule has 0 spiro atoms.